The van der Waals surface area contributed by atoms with Gasteiger partial charge in [-0.2, -0.15) is 0 Å². The van der Waals surface area contributed by atoms with Crippen molar-refractivity contribution in [1.82, 2.24) is 14.5 Å². The van der Waals surface area contributed by atoms with Crippen LogP contribution in [0.15, 0.2) is 18.5 Å². The van der Waals surface area contributed by atoms with Gasteiger partial charge in [0.2, 0.25) is 5.91 Å². The summed E-state index contributed by atoms with van der Waals surface area (Å²) >= 11 is 0. The topological polar surface area (TPSA) is 56.6 Å². The molecule has 6 nitrogen and oxygen atoms in total. The number of hydrogen-bond donors (Lipinski definition) is 0. The molecule has 4 rings (SSSR count). The van der Waals surface area contributed by atoms with Crippen molar-refractivity contribution < 1.29 is 14.3 Å². The Hall–Kier alpha value is -2.24. The molecule has 2 aromatic rings. The van der Waals surface area contributed by atoms with E-state index >= 15 is 0 Å². The first-order chi connectivity index (χ1) is 10.3. The normalized spacial score (nSPS) is 17.4. The second-order valence-corrected chi connectivity index (χ2v) is 5.44. The lowest BCUT2D eigenvalue weighted by atomic mass is 10.2. The monoisotopic (exact) mass is 287 g/mol. The lowest BCUT2D eigenvalue weighted by molar-refractivity contribution is -0.130. The second kappa shape index (κ2) is 4.95. The Balaban J connectivity index is 1.64. The van der Waals surface area contributed by atoms with Crippen LogP contribution in [0.25, 0.3) is 11.0 Å². The van der Waals surface area contributed by atoms with Crippen molar-refractivity contribution in [3.63, 3.8) is 0 Å². The van der Waals surface area contributed by atoms with Crippen LogP contribution in [-0.4, -0.2) is 46.7 Å². The number of rotatable bonds is 2. The van der Waals surface area contributed by atoms with Crippen LogP contribution in [0.2, 0.25) is 0 Å². The summed E-state index contributed by atoms with van der Waals surface area (Å²) in [4.78, 5) is 18.6. The largest absolute Gasteiger partial charge is 0.486 e. The van der Waals surface area contributed by atoms with E-state index in [0.717, 1.165) is 48.5 Å². The Morgan fingerprint density at radius 3 is 2.62 bits per heavy atom. The zero-order chi connectivity index (χ0) is 14.2. The predicted molar refractivity (Wildman–Crippen MR) is 76.5 cm³/mol. The van der Waals surface area contributed by atoms with Gasteiger partial charge >= 0.3 is 0 Å². The van der Waals surface area contributed by atoms with Crippen LogP contribution >= 0.6 is 0 Å². The van der Waals surface area contributed by atoms with E-state index in [9.17, 15) is 4.79 Å². The quantitative estimate of drug-likeness (QED) is 0.838. The highest BCUT2D eigenvalue weighted by molar-refractivity contribution is 5.83. The summed E-state index contributed by atoms with van der Waals surface area (Å²) in [6, 6.07) is 3.79. The van der Waals surface area contributed by atoms with Gasteiger partial charge in [-0.3, -0.25) is 4.79 Å². The maximum Gasteiger partial charge on any atom is 0.242 e. The van der Waals surface area contributed by atoms with Crippen LogP contribution in [0, 0.1) is 0 Å². The molecule has 1 fully saturated rings. The SMILES string of the molecule is O=C(Cn1cnc2cc3c(cc21)OCCO3)N1CCCC1. The molecule has 0 radical (unpaired) electrons. The molecule has 2 aliphatic heterocycles. The molecule has 1 aromatic carbocycles. The molecule has 0 N–H and O–H groups in total. The molecule has 2 aliphatic rings. The molecule has 0 atom stereocenters. The number of hydrogen-bond acceptors (Lipinski definition) is 4. The van der Waals surface area contributed by atoms with Crippen molar-refractivity contribution in [2.75, 3.05) is 26.3 Å². The standard InChI is InChI=1S/C15H17N3O3/c19-15(17-3-1-2-4-17)9-18-10-16-11-7-13-14(8-12(11)18)21-6-5-20-13/h7-8,10H,1-6,9H2. The third kappa shape index (κ3) is 2.20. The van der Waals surface area contributed by atoms with E-state index in [1.807, 2.05) is 21.6 Å². The van der Waals surface area contributed by atoms with E-state index in [1.54, 1.807) is 6.33 Å². The van der Waals surface area contributed by atoms with E-state index in [4.69, 9.17) is 9.47 Å². The highest BCUT2D eigenvalue weighted by Gasteiger charge is 2.20. The number of benzene rings is 1. The summed E-state index contributed by atoms with van der Waals surface area (Å²) in [5.74, 6) is 1.61. The van der Waals surface area contributed by atoms with Crippen LogP contribution in [0.5, 0.6) is 11.5 Å². The lowest BCUT2D eigenvalue weighted by Crippen LogP contribution is -2.30. The molecule has 1 saturated heterocycles. The number of likely N-dealkylation sites (tertiary alicyclic amines) is 1. The van der Waals surface area contributed by atoms with Gasteiger partial charge in [0.15, 0.2) is 11.5 Å². The van der Waals surface area contributed by atoms with Gasteiger partial charge in [-0.25, -0.2) is 4.98 Å². The average molecular weight is 287 g/mol. The third-order valence-corrected chi connectivity index (χ3v) is 4.05. The summed E-state index contributed by atoms with van der Waals surface area (Å²) in [5.41, 5.74) is 1.74. The van der Waals surface area contributed by atoms with E-state index in [0.29, 0.717) is 19.8 Å². The first kappa shape index (κ1) is 12.5. The van der Waals surface area contributed by atoms with Gasteiger partial charge < -0.3 is 18.9 Å². The van der Waals surface area contributed by atoms with Crippen LogP contribution < -0.4 is 9.47 Å². The first-order valence-corrected chi connectivity index (χ1v) is 7.33. The van der Waals surface area contributed by atoms with Gasteiger partial charge in [0.25, 0.3) is 0 Å². The molecule has 1 aromatic heterocycles. The molecular formula is C15H17N3O3. The molecule has 21 heavy (non-hydrogen) atoms. The molecule has 1 amide bonds. The fraction of sp³-hybridized carbons (Fsp3) is 0.467. The Morgan fingerprint density at radius 1 is 1.14 bits per heavy atom. The number of nitrogens with zero attached hydrogens (tertiary/aromatic N) is 3. The molecule has 110 valence electrons. The van der Waals surface area contributed by atoms with Crippen LogP contribution in [-0.2, 0) is 11.3 Å². The van der Waals surface area contributed by atoms with E-state index in [2.05, 4.69) is 4.98 Å². The summed E-state index contributed by atoms with van der Waals surface area (Å²) in [6.07, 6.45) is 3.92. The minimum absolute atomic E-state index is 0.154. The fourth-order valence-corrected chi connectivity index (χ4v) is 2.93. The number of imidazole rings is 1. The van der Waals surface area contributed by atoms with Gasteiger partial charge in [-0.05, 0) is 12.8 Å². The average Bonchev–Trinajstić information content (AvgIpc) is 3.15. The lowest BCUT2D eigenvalue weighted by Gasteiger charge is -2.19. The Morgan fingerprint density at radius 2 is 1.86 bits per heavy atom. The zero-order valence-corrected chi connectivity index (χ0v) is 11.7. The maximum atomic E-state index is 12.3. The third-order valence-electron chi connectivity index (χ3n) is 4.05. The molecule has 0 aliphatic carbocycles. The molecule has 6 heteroatoms. The zero-order valence-electron chi connectivity index (χ0n) is 11.7. The minimum Gasteiger partial charge on any atom is -0.486 e. The number of carbonyl (C=O) groups is 1. The van der Waals surface area contributed by atoms with Gasteiger partial charge in [0.05, 0.1) is 17.4 Å². The predicted octanol–water partition coefficient (Wildman–Crippen LogP) is 1.43. The van der Waals surface area contributed by atoms with E-state index in [-0.39, 0.29) is 5.91 Å². The first-order valence-electron chi connectivity index (χ1n) is 7.33. The number of ether oxygens (including phenoxy) is 2. The highest BCUT2D eigenvalue weighted by atomic mass is 16.6. The minimum atomic E-state index is 0.154. The molecule has 3 heterocycles. The van der Waals surface area contributed by atoms with Crippen molar-refractivity contribution in [2.24, 2.45) is 0 Å². The number of amides is 1. The van der Waals surface area contributed by atoms with Gasteiger partial charge in [0.1, 0.15) is 19.8 Å². The maximum absolute atomic E-state index is 12.3. The van der Waals surface area contributed by atoms with Crippen molar-refractivity contribution >= 4 is 16.9 Å². The van der Waals surface area contributed by atoms with Crippen LogP contribution in [0.3, 0.4) is 0 Å². The Bertz CT molecular complexity index is 689. The van der Waals surface area contributed by atoms with Crippen molar-refractivity contribution in [3.8, 4) is 11.5 Å². The van der Waals surface area contributed by atoms with Gasteiger partial charge in [-0.1, -0.05) is 0 Å². The van der Waals surface area contributed by atoms with Gasteiger partial charge in [-0.15, -0.1) is 0 Å². The van der Waals surface area contributed by atoms with Crippen LogP contribution in [0.1, 0.15) is 12.8 Å². The van der Waals surface area contributed by atoms with Gasteiger partial charge in [0, 0.05) is 25.2 Å². The summed E-state index contributed by atoms with van der Waals surface area (Å²) < 4.78 is 13.0. The van der Waals surface area contributed by atoms with Crippen LogP contribution in [0.4, 0.5) is 0 Å². The van der Waals surface area contributed by atoms with Crippen molar-refractivity contribution in [1.29, 1.82) is 0 Å². The second-order valence-electron chi connectivity index (χ2n) is 5.44. The van der Waals surface area contributed by atoms with E-state index < -0.39 is 0 Å². The number of carbonyl (C=O) groups excluding carboxylic acids is 1. The Kier molecular flexibility index (Phi) is 2.94. The van der Waals surface area contributed by atoms with Crippen molar-refractivity contribution in [3.05, 3.63) is 18.5 Å². The van der Waals surface area contributed by atoms with E-state index in [1.165, 1.54) is 0 Å². The fourth-order valence-electron chi connectivity index (χ4n) is 2.93. The molecule has 0 bridgehead atoms. The smallest absolute Gasteiger partial charge is 0.242 e. The molecule has 0 saturated carbocycles. The van der Waals surface area contributed by atoms with Crippen molar-refractivity contribution in [2.45, 2.75) is 19.4 Å². The summed E-state index contributed by atoms with van der Waals surface area (Å²) in [5, 5.41) is 0. The molecular weight excluding hydrogens is 270 g/mol. The summed E-state index contributed by atoms with van der Waals surface area (Å²) in [7, 11) is 0. The molecule has 0 spiro atoms. The number of aromatic nitrogens is 2. The highest BCUT2D eigenvalue weighted by Crippen LogP contribution is 2.34. The number of fused-ring (bicyclic) bond motifs is 2. The Labute approximate surface area is 122 Å². The summed E-state index contributed by atoms with van der Waals surface area (Å²) in [6.45, 7) is 3.19. The molecule has 0 unspecified atom stereocenters.